The minimum atomic E-state index is -0.438. The molecule has 0 radical (unpaired) electrons. The molecule has 0 aliphatic carbocycles. The number of amides is 2. The van der Waals surface area contributed by atoms with Gasteiger partial charge < -0.3 is 19.7 Å². The van der Waals surface area contributed by atoms with Crippen molar-refractivity contribution in [2.45, 2.75) is 19.9 Å². The molecule has 0 unspecified atom stereocenters. The van der Waals surface area contributed by atoms with Gasteiger partial charge in [0.05, 0.1) is 29.9 Å². The summed E-state index contributed by atoms with van der Waals surface area (Å²) in [6.45, 7) is 1.91. The molecule has 3 rings (SSSR count). The van der Waals surface area contributed by atoms with Gasteiger partial charge in [-0.2, -0.15) is 0 Å². The Labute approximate surface area is 197 Å². The average Bonchev–Trinajstić information content (AvgIpc) is 3.19. The molecule has 0 saturated heterocycles. The van der Waals surface area contributed by atoms with E-state index in [0.717, 1.165) is 0 Å². The Morgan fingerprint density at radius 1 is 1.24 bits per heavy atom. The lowest BCUT2D eigenvalue weighted by Crippen LogP contribution is -2.39. The number of aliphatic hydroxyl groups is 1. The Kier molecular flexibility index (Phi) is 8.02. The van der Waals surface area contributed by atoms with Crippen LogP contribution in [0, 0.1) is 0 Å². The van der Waals surface area contributed by atoms with Crippen LogP contribution in [0.4, 0.5) is 10.6 Å². The first-order chi connectivity index (χ1) is 15.9. The van der Waals surface area contributed by atoms with Gasteiger partial charge >= 0.3 is 6.03 Å². The highest BCUT2D eigenvalue weighted by atomic mass is 35.5. The highest BCUT2D eigenvalue weighted by Crippen LogP contribution is 2.34. The van der Waals surface area contributed by atoms with Gasteiger partial charge in [0.15, 0.2) is 11.6 Å². The van der Waals surface area contributed by atoms with E-state index in [1.54, 1.807) is 36.9 Å². The molecule has 0 spiro atoms. The van der Waals surface area contributed by atoms with Gasteiger partial charge in [0.2, 0.25) is 0 Å². The number of carbonyl (C=O) groups is 2. The molecule has 0 fully saturated rings. The maximum absolute atomic E-state index is 12.8. The van der Waals surface area contributed by atoms with Gasteiger partial charge in [-0.25, -0.2) is 9.78 Å². The Hall–Kier alpha value is -3.43. The zero-order valence-corrected chi connectivity index (χ0v) is 19.5. The van der Waals surface area contributed by atoms with Crippen LogP contribution in [0.1, 0.15) is 29.5 Å². The molecule has 0 bridgehead atoms. The second-order valence-electron chi connectivity index (χ2n) is 7.29. The summed E-state index contributed by atoms with van der Waals surface area (Å²) in [5.74, 6) is 0.977. The second kappa shape index (κ2) is 10.9. The van der Waals surface area contributed by atoms with Gasteiger partial charge in [0.1, 0.15) is 17.3 Å². The zero-order valence-electron chi connectivity index (χ0n) is 18.7. The number of halogens is 1. The Balaban J connectivity index is 2.16. The van der Waals surface area contributed by atoms with E-state index in [1.807, 2.05) is 18.2 Å². The number of methoxy groups -OCH3 is 1. The lowest BCUT2D eigenvalue weighted by atomic mass is 10.2. The van der Waals surface area contributed by atoms with Crippen molar-refractivity contribution in [3.8, 4) is 17.1 Å². The van der Waals surface area contributed by atoms with Crippen LogP contribution < -0.4 is 15.0 Å². The maximum Gasteiger partial charge on any atom is 0.322 e. The fourth-order valence-corrected chi connectivity index (χ4v) is 3.47. The summed E-state index contributed by atoms with van der Waals surface area (Å²) < 4.78 is 7.24. The van der Waals surface area contributed by atoms with Crippen LogP contribution in [-0.4, -0.2) is 58.8 Å². The number of hydrogen-bond acceptors (Lipinski definition) is 6. The predicted molar refractivity (Wildman–Crippen MR) is 126 cm³/mol. The molecule has 2 heterocycles. The minimum Gasteiger partial charge on any atom is -0.496 e. The van der Waals surface area contributed by atoms with Crippen LogP contribution in [-0.2, 0) is 6.54 Å². The first kappa shape index (κ1) is 24.2. The third-order valence-electron chi connectivity index (χ3n) is 4.97. The summed E-state index contributed by atoms with van der Waals surface area (Å²) in [6.07, 6.45) is 1.95. The number of nitrogens with zero attached hydrogens (tertiary/aromatic N) is 4. The zero-order chi connectivity index (χ0) is 24.0. The van der Waals surface area contributed by atoms with Gasteiger partial charge in [-0.1, -0.05) is 23.7 Å². The van der Waals surface area contributed by atoms with Crippen LogP contribution in [0.2, 0.25) is 5.02 Å². The molecule has 2 aromatic heterocycles. The van der Waals surface area contributed by atoms with E-state index in [1.165, 1.54) is 18.0 Å². The number of hydrogen-bond donors (Lipinski definition) is 2. The molecular weight excluding hydrogens is 446 g/mol. The van der Waals surface area contributed by atoms with Gasteiger partial charge in [-0.3, -0.25) is 14.7 Å². The van der Waals surface area contributed by atoms with Crippen molar-refractivity contribution in [3.05, 3.63) is 59.0 Å². The van der Waals surface area contributed by atoms with Crippen LogP contribution in [0.15, 0.2) is 42.6 Å². The number of anilines is 1. The molecule has 174 valence electrons. The first-order valence-corrected chi connectivity index (χ1v) is 10.7. The fraction of sp³-hybridized carbons (Fsp3) is 0.304. The Morgan fingerprint density at radius 3 is 2.64 bits per heavy atom. The Morgan fingerprint density at radius 2 is 2.00 bits per heavy atom. The van der Waals surface area contributed by atoms with Crippen molar-refractivity contribution in [2.75, 3.05) is 32.2 Å². The lowest BCUT2D eigenvalue weighted by Gasteiger charge is -2.17. The SMILES string of the molecule is COc1ccccc1-c1nc(N(C)C(=O)NCCCO)c(C(C)=O)n1Cc1ccc(Cl)cn1. The van der Waals surface area contributed by atoms with Crippen LogP contribution in [0.5, 0.6) is 5.75 Å². The molecule has 0 saturated carbocycles. The normalized spacial score (nSPS) is 10.7. The van der Waals surface area contributed by atoms with Gasteiger partial charge in [-0.05, 0) is 30.7 Å². The quantitative estimate of drug-likeness (QED) is 0.365. The molecule has 10 heteroatoms. The molecule has 9 nitrogen and oxygen atoms in total. The molecule has 0 atom stereocenters. The first-order valence-electron chi connectivity index (χ1n) is 10.3. The topological polar surface area (TPSA) is 110 Å². The van der Waals surface area contributed by atoms with E-state index in [2.05, 4.69) is 10.3 Å². The molecule has 0 aliphatic rings. The number of benzene rings is 1. The number of pyridine rings is 1. The smallest absolute Gasteiger partial charge is 0.322 e. The fourth-order valence-electron chi connectivity index (χ4n) is 3.36. The predicted octanol–water partition coefficient (Wildman–Crippen LogP) is 3.39. The van der Waals surface area contributed by atoms with E-state index >= 15 is 0 Å². The summed E-state index contributed by atoms with van der Waals surface area (Å²) in [5, 5.41) is 12.2. The number of aromatic nitrogens is 3. The van der Waals surface area contributed by atoms with Crippen LogP contribution in [0.25, 0.3) is 11.4 Å². The van der Waals surface area contributed by atoms with E-state index in [4.69, 9.17) is 26.4 Å². The number of Topliss-reactive ketones (excluding diaryl/α,β-unsaturated/α-hetero) is 1. The van der Waals surface area contributed by atoms with E-state index in [9.17, 15) is 9.59 Å². The van der Waals surface area contributed by atoms with E-state index < -0.39 is 6.03 Å². The number of ether oxygens (including phenoxy) is 1. The van der Waals surface area contributed by atoms with E-state index in [-0.39, 0.29) is 30.4 Å². The number of imidazole rings is 1. The van der Waals surface area contributed by atoms with Crippen molar-refractivity contribution in [2.24, 2.45) is 0 Å². The van der Waals surface area contributed by atoms with Gasteiger partial charge in [0, 0.05) is 33.3 Å². The van der Waals surface area contributed by atoms with Crippen LogP contribution >= 0.6 is 11.6 Å². The number of rotatable bonds is 9. The lowest BCUT2D eigenvalue weighted by molar-refractivity contribution is 0.101. The Bertz CT molecular complexity index is 1130. The standard InChI is InChI=1S/C23H26ClN5O4/c1-15(31)20-22(28(2)23(32)25-11-6-12-30)27-21(18-7-4-5-8-19(18)33-3)29(20)14-17-10-9-16(24)13-26-17/h4-5,7-10,13,30H,6,11-12,14H2,1-3H3,(H,25,32). The molecule has 3 aromatic rings. The third-order valence-corrected chi connectivity index (χ3v) is 5.20. The summed E-state index contributed by atoms with van der Waals surface area (Å²) >= 11 is 5.98. The summed E-state index contributed by atoms with van der Waals surface area (Å²) in [6, 6.07) is 10.4. The van der Waals surface area contributed by atoms with Crippen molar-refractivity contribution < 1.29 is 19.4 Å². The number of nitrogens with one attached hydrogen (secondary N) is 1. The van der Waals surface area contributed by atoms with Crippen molar-refractivity contribution >= 4 is 29.2 Å². The van der Waals surface area contributed by atoms with E-state index in [0.29, 0.717) is 40.8 Å². The number of para-hydroxylation sites is 1. The van der Waals surface area contributed by atoms with Crippen LogP contribution in [0.3, 0.4) is 0 Å². The number of carbonyl (C=O) groups excluding carboxylic acids is 2. The number of ketones is 1. The monoisotopic (exact) mass is 471 g/mol. The number of urea groups is 1. The second-order valence-corrected chi connectivity index (χ2v) is 7.72. The highest BCUT2D eigenvalue weighted by Gasteiger charge is 2.28. The molecule has 2 amide bonds. The molecule has 0 aliphatic heterocycles. The van der Waals surface area contributed by atoms with Crippen molar-refractivity contribution in [1.29, 1.82) is 0 Å². The third kappa shape index (κ3) is 5.50. The summed E-state index contributed by atoms with van der Waals surface area (Å²) in [7, 11) is 3.10. The summed E-state index contributed by atoms with van der Waals surface area (Å²) in [5.41, 5.74) is 1.58. The maximum atomic E-state index is 12.8. The van der Waals surface area contributed by atoms with Gasteiger partial charge in [0.25, 0.3) is 0 Å². The molecule has 33 heavy (non-hydrogen) atoms. The minimum absolute atomic E-state index is 0.0383. The molecule has 2 N–H and O–H groups in total. The number of aliphatic hydroxyl groups excluding tert-OH is 1. The molecule has 1 aromatic carbocycles. The summed E-state index contributed by atoms with van der Waals surface area (Å²) in [4.78, 5) is 35.8. The molecular formula is C23H26ClN5O4. The highest BCUT2D eigenvalue weighted by molar-refractivity contribution is 6.30. The largest absolute Gasteiger partial charge is 0.496 e. The van der Waals surface area contributed by atoms with Crippen molar-refractivity contribution in [1.82, 2.24) is 19.9 Å². The van der Waals surface area contributed by atoms with Gasteiger partial charge in [-0.15, -0.1) is 0 Å². The van der Waals surface area contributed by atoms with Crippen molar-refractivity contribution in [3.63, 3.8) is 0 Å². The average molecular weight is 472 g/mol.